The number of hydrogen-bond donors (Lipinski definition) is 1. The van der Waals surface area contributed by atoms with Gasteiger partial charge in [0.15, 0.2) is 0 Å². The van der Waals surface area contributed by atoms with Gasteiger partial charge >= 0.3 is 0 Å². The van der Waals surface area contributed by atoms with E-state index in [2.05, 4.69) is 10.4 Å². The number of thiophene rings is 1. The summed E-state index contributed by atoms with van der Waals surface area (Å²) < 4.78 is 6.82. The minimum absolute atomic E-state index is 0.0706. The lowest BCUT2D eigenvalue weighted by molar-refractivity contribution is 0.0906. The topological polar surface area (TPSA) is 56.1 Å². The van der Waals surface area contributed by atoms with Crippen molar-refractivity contribution in [2.45, 2.75) is 13.0 Å². The van der Waals surface area contributed by atoms with Crippen LogP contribution in [0.2, 0.25) is 0 Å². The predicted molar refractivity (Wildman–Crippen MR) is 95.7 cm³/mol. The molecule has 1 amide bonds. The molecular formula is C18H19N3O2S. The highest BCUT2D eigenvalue weighted by atomic mass is 32.1. The Morgan fingerprint density at radius 3 is 2.75 bits per heavy atom. The predicted octanol–water partition coefficient (Wildman–Crippen LogP) is 3.37. The van der Waals surface area contributed by atoms with Gasteiger partial charge in [0.2, 0.25) is 0 Å². The van der Waals surface area contributed by atoms with Crippen molar-refractivity contribution < 1.29 is 9.53 Å². The van der Waals surface area contributed by atoms with Gasteiger partial charge in [0.05, 0.1) is 22.7 Å². The van der Waals surface area contributed by atoms with Crippen LogP contribution in [0.3, 0.4) is 0 Å². The third-order valence-electron chi connectivity index (χ3n) is 3.53. The molecule has 1 N–H and O–H groups in total. The molecule has 3 aromatic rings. The molecule has 2 aromatic heterocycles. The normalized spacial score (nSPS) is 12.1. The Morgan fingerprint density at radius 2 is 2.08 bits per heavy atom. The maximum atomic E-state index is 12.7. The molecule has 6 heteroatoms. The van der Waals surface area contributed by atoms with Gasteiger partial charge in [-0.15, -0.1) is 11.3 Å². The molecule has 0 aliphatic carbocycles. The van der Waals surface area contributed by atoms with Crippen LogP contribution in [-0.2, 0) is 4.74 Å². The second-order valence-electron chi connectivity index (χ2n) is 5.48. The zero-order chi connectivity index (χ0) is 16.9. The maximum Gasteiger partial charge on any atom is 0.255 e. The number of hydrogen-bond acceptors (Lipinski definition) is 4. The molecule has 0 fully saturated rings. The van der Waals surface area contributed by atoms with E-state index in [9.17, 15) is 4.79 Å². The number of nitrogens with zero attached hydrogens (tertiary/aromatic N) is 2. The number of para-hydroxylation sites is 1. The molecule has 5 nitrogen and oxygen atoms in total. The highest BCUT2D eigenvalue weighted by molar-refractivity contribution is 7.13. The van der Waals surface area contributed by atoms with Gasteiger partial charge in [-0.1, -0.05) is 24.3 Å². The van der Waals surface area contributed by atoms with Gasteiger partial charge in [-0.3, -0.25) is 4.79 Å². The monoisotopic (exact) mass is 341 g/mol. The van der Waals surface area contributed by atoms with E-state index in [1.807, 2.05) is 54.8 Å². The van der Waals surface area contributed by atoms with Crippen molar-refractivity contribution in [1.82, 2.24) is 15.1 Å². The summed E-state index contributed by atoms with van der Waals surface area (Å²) in [6, 6.07) is 13.6. The van der Waals surface area contributed by atoms with Crippen molar-refractivity contribution in [3.63, 3.8) is 0 Å². The van der Waals surface area contributed by atoms with Gasteiger partial charge in [-0.2, -0.15) is 5.10 Å². The number of nitrogens with one attached hydrogen (secondary N) is 1. The highest BCUT2D eigenvalue weighted by Gasteiger charge is 2.20. The molecule has 124 valence electrons. The van der Waals surface area contributed by atoms with E-state index in [1.54, 1.807) is 29.3 Å². The first-order valence-electron chi connectivity index (χ1n) is 7.68. The average Bonchev–Trinajstić information content (AvgIpc) is 3.25. The molecule has 0 unspecified atom stereocenters. The number of amides is 1. The third kappa shape index (κ3) is 3.55. The SMILES string of the molecule is COC[C@H](C)NC(=O)c1cn(-c2ccccc2)nc1-c1cccs1. The van der Waals surface area contributed by atoms with E-state index in [0.29, 0.717) is 17.9 Å². The minimum Gasteiger partial charge on any atom is -0.383 e. The van der Waals surface area contributed by atoms with Gasteiger partial charge in [-0.25, -0.2) is 4.68 Å². The van der Waals surface area contributed by atoms with Crippen LogP contribution in [0.5, 0.6) is 0 Å². The number of rotatable bonds is 6. The molecule has 1 aromatic carbocycles. The smallest absolute Gasteiger partial charge is 0.255 e. The summed E-state index contributed by atoms with van der Waals surface area (Å²) >= 11 is 1.56. The van der Waals surface area contributed by atoms with E-state index < -0.39 is 0 Å². The summed E-state index contributed by atoms with van der Waals surface area (Å²) in [6.07, 6.45) is 1.78. The van der Waals surface area contributed by atoms with Crippen LogP contribution >= 0.6 is 11.3 Å². The van der Waals surface area contributed by atoms with Crippen molar-refractivity contribution in [1.29, 1.82) is 0 Å². The molecule has 3 rings (SSSR count). The van der Waals surface area contributed by atoms with Crippen molar-refractivity contribution >= 4 is 17.2 Å². The van der Waals surface area contributed by atoms with Crippen molar-refractivity contribution in [2.24, 2.45) is 0 Å². The zero-order valence-electron chi connectivity index (χ0n) is 13.6. The van der Waals surface area contributed by atoms with Crippen LogP contribution in [0, 0.1) is 0 Å². The Labute approximate surface area is 144 Å². The highest BCUT2D eigenvalue weighted by Crippen LogP contribution is 2.27. The lowest BCUT2D eigenvalue weighted by Crippen LogP contribution is -2.35. The van der Waals surface area contributed by atoms with Gasteiger partial charge in [0.1, 0.15) is 5.69 Å². The second kappa shape index (κ2) is 7.42. The Hall–Kier alpha value is -2.44. The van der Waals surface area contributed by atoms with Crippen LogP contribution < -0.4 is 5.32 Å². The van der Waals surface area contributed by atoms with Gasteiger partial charge < -0.3 is 10.1 Å². The number of aromatic nitrogens is 2. The molecule has 0 saturated heterocycles. The first-order valence-corrected chi connectivity index (χ1v) is 8.55. The number of ether oxygens (including phenoxy) is 1. The zero-order valence-corrected chi connectivity index (χ0v) is 14.4. The van der Waals surface area contributed by atoms with Crippen LogP contribution in [0.25, 0.3) is 16.3 Å². The molecular weight excluding hydrogens is 322 g/mol. The molecule has 0 radical (unpaired) electrons. The summed E-state index contributed by atoms with van der Waals surface area (Å²) in [6.45, 7) is 2.38. The number of benzene rings is 1. The summed E-state index contributed by atoms with van der Waals surface area (Å²) in [5.74, 6) is -0.148. The Kier molecular flexibility index (Phi) is 5.08. The Balaban J connectivity index is 1.97. The first kappa shape index (κ1) is 16.4. The van der Waals surface area contributed by atoms with Crippen LogP contribution in [0.1, 0.15) is 17.3 Å². The molecule has 0 aliphatic heterocycles. The lowest BCUT2D eigenvalue weighted by atomic mass is 10.2. The second-order valence-corrected chi connectivity index (χ2v) is 6.43. The summed E-state index contributed by atoms with van der Waals surface area (Å²) in [4.78, 5) is 13.6. The lowest BCUT2D eigenvalue weighted by Gasteiger charge is -2.12. The molecule has 1 atom stereocenters. The summed E-state index contributed by atoms with van der Waals surface area (Å²) in [5.41, 5.74) is 2.17. The molecule has 0 spiro atoms. The molecule has 0 bridgehead atoms. The largest absolute Gasteiger partial charge is 0.383 e. The van der Waals surface area contributed by atoms with Crippen LogP contribution in [0.4, 0.5) is 0 Å². The van der Waals surface area contributed by atoms with Crippen LogP contribution in [0.15, 0.2) is 54.0 Å². The van der Waals surface area contributed by atoms with Crippen LogP contribution in [-0.4, -0.2) is 35.4 Å². The maximum absolute atomic E-state index is 12.7. The quantitative estimate of drug-likeness (QED) is 0.748. The van der Waals surface area contributed by atoms with E-state index >= 15 is 0 Å². The van der Waals surface area contributed by atoms with Gasteiger partial charge in [0, 0.05) is 19.3 Å². The van der Waals surface area contributed by atoms with E-state index in [4.69, 9.17) is 4.74 Å². The van der Waals surface area contributed by atoms with Crippen molar-refractivity contribution in [3.8, 4) is 16.3 Å². The van der Waals surface area contributed by atoms with Gasteiger partial charge in [-0.05, 0) is 30.5 Å². The van der Waals surface area contributed by atoms with E-state index in [1.165, 1.54) is 0 Å². The van der Waals surface area contributed by atoms with E-state index in [-0.39, 0.29) is 11.9 Å². The molecule has 24 heavy (non-hydrogen) atoms. The molecule has 0 saturated carbocycles. The summed E-state index contributed by atoms with van der Waals surface area (Å²) in [7, 11) is 1.62. The fourth-order valence-electron chi connectivity index (χ4n) is 2.44. The fourth-order valence-corrected chi connectivity index (χ4v) is 3.16. The Morgan fingerprint density at radius 1 is 1.29 bits per heavy atom. The number of carbonyl (C=O) groups excluding carboxylic acids is 1. The molecule has 0 aliphatic rings. The number of carbonyl (C=O) groups is 1. The minimum atomic E-state index is -0.148. The average molecular weight is 341 g/mol. The number of methoxy groups -OCH3 is 1. The standard InChI is InChI=1S/C18H19N3O2S/c1-13(12-23-2)19-18(22)15-11-21(14-7-4-3-5-8-14)20-17(15)16-9-6-10-24-16/h3-11,13H,12H2,1-2H3,(H,19,22)/t13-/m0/s1. The first-order chi connectivity index (χ1) is 11.7. The Bertz CT molecular complexity index is 797. The fraction of sp³-hybridized carbons (Fsp3) is 0.222. The summed E-state index contributed by atoms with van der Waals surface area (Å²) in [5, 5.41) is 9.56. The van der Waals surface area contributed by atoms with E-state index in [0.717, 1.165) is 10.6 Å². The van der Waals surface area contributed by atoms with Crippen molar-refractivity contribution in [3.05, 3.63) is 59.6 Å². The van der Waals surface area contributed by atoms with Crippen molar-refractivity contribution in [2.75, 3.05) is 13.7 Å². The van der Waals surface area contributed by atoms with Gasteiger partial charge in [0.25, 0.3) is 5.91 Å². The molecule has 2 heterocycles. The third-order valence-corrected chi connectivity index (χ3v) is 4.40.